The number of amides is 3. The Morgan fingerprint density at radius 1 is 1.20 bits per heavy atom. The molecule has 0 aromatic heterocycles. The van der Waals surface area contributed by atoms with Gasteiger partial charge in [-0.25, -0.2) is 10.2 Å². The Kier molecular flexibility index (Phi) is 4.49. The van der Waals surface area contributed by atoms with E-state index in [4.69, 9.17) is 5.73 Å². The van der Waals surface area contributed by atoms with Crippen molar-refractivity contribution in [3.8, 4) is 0 Å². The predicted octanol–water partition coefficient (Wildman–Crippen LogP) is 0.478. The first-order valence-corrected chi connectivity index (χ1v) is 5.19. The van der Waals surface area contributed by atoms with Crippen LogP contribution in [0, 0.1) is 0 Å². The number of nitrogens with one attached hydrogen (secondary N) is 2. The fourth-order valence-electron chi connectivity index (χ4n) is 0.833. The highest BCUT2D eigenvalue weighted by atomic mass is 32.2. The molecule has 0 saturated carbocycles. The van der Waals surface area contributed by atoms with Crippen LogP contribution in [0.2, 0.25) is 0 Å². The van der Waals surface area contributed by atoms with E-state index >= 15 is 0 Å². The van der Waals surface area contributed by atoms with Crippen molar-refractivity contribution in [1.82, 2.24) is 10.9 Å². The molecule has 0 atom stereocenters. The summed E-state index contributed by atoms with van der Waals surface area (Å²) >= 11 is 1.38. The van der Waals surface area contributed by atoms with Crippen molar-refractivity contribution in [3.63, 3.8) is 0 Å². The van der Waals surface area contributed by atoms with Gasteiger partial charge in [0, 0.05) is 4.90 Å². The summed E-state index contributed by atoms with van der Waals surface area (Å²) in [5.74, 6) is -0.0766. The summed E-state index contributed by atoms with van der Waals surface area (Å²) in [6.07, 6.45) is 0. The van der Waals surface area contributed by atoms with E-state index in [-0.39, 0.29) is 11.7 Å². The summed E-state index contributed by atoms with van der Waals surface area (Å²) < 4.78 is 0. The van der Waals surface area contributed by atoms with E-state index in [9.17, 15) is 9.59 Å². The van der Waals surface area contributed by atoms with Gasteiger partial charge in [0.05, 0.1) is 5.75 Å². The van der Waals surface area contributed by atoms with Crippen LogP contribution in [-0.2, 0) is 4.79 Å². The van der Waals surface area contributed by atoms with E-state index in [1.165, 1.54) is 11.8 Å². The first-order valence-electron chi connectivity index (χ1n) is 4.20. The van der Waals surface area contributed by atoms with Crippen LogP contribution in [-0.4, -0.2) is 17.7 Å². The number of carbonyl (C=O) groups excluding carboxylic acids is 2. The molecule has 6 heteroatoms. The maximum atomic E-state index is 11.1. The van der Waals surface area contributed by atoms with Crippen molar-refractivity contribution in [2.45, 2.75) is 4.90 Å². The normalized spacial score (nSPS) is 9.33. The standard InChI is InChI=1S/C9H11N3O2S/c10-9(14)12-11-8(13)6-15-7-4-2-1-3-5-7/h1-5H,6H2,(H,11,13)(H3,10,12,14). The molecule has 1 aromatic rings. The zero-order chi connectivity index (χ0) is 11.1. The molecular formula is C9H11N3O2S. The Morgan fingerprint density at radius 3 is 2.47 bits per heavy atom. The lowest BCUT2D eigenvalue weighted by Gasteiger charge is -2.04. The molecule has 80 valence electrons. The molecule has 0 heterocycles. The monoisotopic (exact) mass is 225 g/mol. The largest absolute Gasteiger partial charge is 0.350 e. The molecule has 3 amide bonds. The van der Waals surface area contributed by atoms with Gasteiger partial charge in [-0.3, -0.25) is 10.2 Å². The van der Waals surface area contributed by atoms with Crippen LogP contribution in [0.4, 0.5) is 4.79 Å². The Hall–Kier alpha value is -1.69. The highest BCUT2D eigenvalue weighted by Crippen LogP contribution is 2.15. The van der Waals surface area contributed by atoms with E-state index in [0.29, 0.717) is 0 Å². The topological polar surface area (TPSA) is 84.2 Å². The van der Waals surface area contributed by atoms with Crippen LogP contribution in [0.5, 0.6) is 0 Å². The van der Waals surface area contributed by atoms with Crippen molar-refractivity contribution in [3.05, 3.63) is 30.3 Å². The van der Waals surface area contributed by atoms with Gasteiger partial charge >= 0.3 is 6.03 Å². The molecule has 5 nitrogen and oxygen atoms in total. The minimum Gasteiger partial charge on any atom is -0.350 e. The number of urea groups is 1. The highest BCUT2D eigenvalue weighted by molar-refractivity contribution is 8.00. The van der Waals surface area contributed by atoms with Gasteiger partial charge in [0.15, 0.2) is 0 Å². The lowest BCUT2D eigenvalue weighted by atomic mass is 10.4. The van der Waals surface area contributed by atoms with Crippen LogP contribution >= 0.6 is 11.8 Å². The number of hydrogen-bond acceptors (Lipinski definition) is 3. The van der Waals surface area contributed by atoms with Gasteiger partial charge in [0.1, 0.15) is 0 Å². The van der Waals surface area contributed by atoms with Gasteiger partial charge in [0.25, 0.3) is 0 Å². The van der Waals surface area contributed by atoms with E-state index in [1.807, 2.05) is 35.8 Å². The molecule has 0 radical (unpaired) electrons. The molecule has 0 saturated heterocycles. The van der Waals surface area contributed by atoms with E-state index < -0.39 is 6.03 Å². The van der Waals surface area contributed by atoms with Gasteiger partial charge in [0.2, 0.25) is 5.91 Å². The van der Waals surface area contributed by atoms with Crippen LogP contribution in [0.25, 0.3) is 0 Å². The number of nitrogens with two attached hydrogens (primary N) is 1. The van der Waals surface area contributed by atoms with Crippen LogP contribution in [0.3, 0.4) is 0 Å². The van der Waals surface area contributed by atoms with Crippen molar-refractivity contribution in [2.75, 3.05) is 5.75 Å². The molecule has 0 spiro atoms. The van der Waals surface area contributed by atoms with Gasteiger partial charge in [-0.1, -0.05) is 18.2 Å². The third-order valence-corrected chi connectivity index (χ3v) is 2.45. The maximum absolute atomic E-state index is 11.1. The second-order valence-corrected chi connectivity index (χ2v) is 3.69. The summed E-state index contributed by atoms with van der Waals surface area (Å²) in [5.41, 5.74) is 8.95. The summed E-state index contributed by atoms with van der Waals surface area (Å²) in [6.45, 7) is 0. The summed E-state index contributed by atoms with van der Waals surface area (Å²) in [4.78, 5) is 22.4. The molecule has 0 aliphatic carbocycles. The Bertz CT molecular complexity index is 342. The number of benzene rings is 1. The van der Waals surface area contributed by atoms with E-state index in [0.717, 1.165) is 4.90 Å². The Balaban J connectivity index is 2.26. The average Bonchev–Trinajstić information content (AvgIpc) is 2.25. The molecular weight excluding hydrogens is 214 g/mol. The van der Waals surface area contributed by atoms with Crippen molar-refractivity contribution in [1.29, 1.82) is 0 Å². The van der Waals surface area contributed by atoms with E-state index in [2.05, 4.69) is 5.43 Å². The number of hydrazine groups is 1. The predicted molar refractivity (Wildman–Crippen MR) is 58.0 cm³/mol. The molecule has 1 rings (SSSR count). The maximum Gasteiger partial charge on any atom is 0.330 e. The second-order valence-electron chi connectivity index (χ2n) is 2.64. The molecule has 0 bridgehead atoms. The molecule has 0 aliphatic heterocycles. The third kappa shape index (κ3) is 4.92. The first-order chi connectivity index (χ1) is 7.18. The smallest absolute Gasteiger partial charge is 0.330 e. The number of carbonyl (C=O) groups is 2. The van der Waals surface area contributed by atoms with Crippen LogP contribution in [0.15, 0.2) is 35.2 Å². The summed E-state index contributed by atoms with van der Waals surface area (Å²) in [5, 5.41) is 0. The van der Waals surface area contributed by atoms with Crippen LogP contribution in [0.1, 0.15) is 0 Å². The zero-order valence-electron chi connectivity index (χ0n) is 7.90. The Morgan fingerprint density at radius 2 is 1.87 bits per heavy atom. The number of primary amides is 1. The second kappa shape index (κ2) is 5.92. The lowest BCUT2D eigenvalue weighted by Crippen LogP contribution is -2.45. The molecule has 4 N–H and O–H groups in total. The highest BCUT2D eigenvalue weighted by Gasteiger charge is 2.02. The number of rotatable bonds is 3. The van der Waals surface area contributed by atoms with Gasteiger partial charge in [-0.2, -0.15) is 0 Å². The molecule has 0 fully saturated rings. The Labute approximate surface area is 91.4 Å². The van der Waals surface area contributed by atoms with Gasteiger partial charge in [-0.05, 0) is 12.1 Å². The minimum absolute atomic E-state index is 0.226. The molecule has 15 heavy (non-hydrogen) atoms. The SMILES string of the molecule is NC(=O)NNC(=O)CSc1ccccc1. The van der Waals surface area contributed by atoms with Gasteiger partial charge in [-0.15, -0.1) is 11.8 Å². The molecule has 1 aromatic carbocycles. The van der Waals surface area contributed by atoms with Crippen molar-refractivity contribution >= 4 is 23.7 Å². The molecule has 0 unspecified atom stereocenters. The first kappa shape index (κ1) is 11.4. The van der Waals surface area contributed by atoms with E-state index in [1.54, 1.807) is 0 Å². The minimum atomic E-state index is -0.784. The third-order valence-electron chi connectivity index (χ3n) is 1.44. The van der Waals surface area contributed by atoms with Gasteiger partial charge < -0.3 is 5.73 Å². The summed E-state index contributed by atoms with van der Waals surface area (Å²) in [7, 11) is 0. The zero-order valence-corrected chi connectivity index (χ0v) is 8.71. The van der Waals surface area contributed by atoms with Crippen molar-refractivity contribution < 1.29 is 9.59 Å². The summed E-state index contributed by atoms with van der Waals surface area (Å²) in [6, 6.07) is 8.70. The fraction of sp³-hybridized carbons (Fsp3) is 0.111. The van der Waals surface area contributed by atoms with Crippen LogP contribution < -0.4 is 16.6 Å². The average molecular weight is 225 g/mol. The quantitative estimate of drug-likeness (QED) is 0.516. The number of hydrogen-bond donors (Lipinski definition) is 3. The molecule has 0 aliphatic rings. The number of thioether (sulfide) groups is 1. The fourth-order valence-corrected chi connectivity index (χ4v) is 1.55. The van der Waals surface area contributed by atoms with Crippen molar-refractivity contribution in [2.24, 2.45) is 5.73 Å². The lowest BCUT2D eigenvalue weighted by molar-refractivity contribution is -0.119.